The quantitative estimate of drug-likeness (QED) is 0.788. The third-order valence-electron chi connectivity index (χ3n) is 2.65. The molecule has 0 fully saturated rings. The minimum atomic E-state index is -0.349. The molecule has 0 saturated heterocycles. The van der Waals surface area contributed by atoms with Crippen LogP contribution in [0.3, 0.4) is 0 Å². The maximum atomic E-state index is 13.5. The number of hydrogen-bond donors (Lipinski definition) is 1. The molecule has 0 atom stereocenters. The van der Waals surface area contributed by atoms with E-state index in [4.69, 9.17) is 0 Å². The summed E-state index contributed by atoms with van der Waals surface area (Å²) in [7, 11) is 1.83. The van der Waals surface area contributed by atoms with Crippen LogP contribution in [0.25, 0.3) is 10.9 Å². The number of aryl methyl sites for hydroxylation is 1. The summed E-state index contributed by atoms with van der Waals surface area (Å²) in [6.07, 6.45) is 4.91. The Balaban J connectivity index is 2.10. The van der Waals surface area contributed by atoms with Crippen molar-refractivity contribution >= 4 is 38.3 Å². The maximum absolute atomic E-state index is 13.5. The topological polar surface area (TPSA) is 55.6 Å². The lowest BCUT2D eigenvalue weighted by atomic mass is 10.2. The Labute approximate surface area is 116 Å². The van der Waals surface area contributed by atoms with Crippen molar-refractivity contribution in [2.75, 3.05) is 5.32 Å². The minimum absolute atomic E-state index is 0.349. The molecular weight excluding hydrogens is 313 g/mol. The molecule has 0 unspecified atom stereocenters. The summed E-state index contributed by atoms with van der Waals surface area (Å²) in [5, 5.41) is 7.94. The highest BCUT2D eigenvalue weighted by Crippen LogP contribution is 2.27. The first-order chi connectivity index (χ1) is 9.13. The van der Waals surface area contributed by atoms with Crippen molar-refractivity contribution in [3.05, 3.63) is 41.1 Å². The van der Waals surface area contributed by atoms with Gasteiger partial charge in [0, 0.05) is 24.7 Å². The molecule has 0 aliphatic rings. The molecule has 5 nitrogen and oxygen atoms in total. The number of nitrogens with one attached hydrogen (secondary N) is 1. The van der Waals surface area contributed by atoms with Gasteiger partial charge in [0.1, 0.15) is 18.0 Å². The van der Waals surface area contributed by atoms with Crippen LogP contribution in [-0.4, -0.2) is 19.7 Å². The van der Waals surface area contributed by atoms with Crippen LogP contribution in [0.2, 0.25) is 0 Å². The lowest BCUT2D eigenvalue weighted by molar-refractivity contribution is 0.623. The number of nitrogens with zero attached hydrogens (tertiary/aromatic N) is 4. The lowest BCUT2D eigenvalue weighted by Gasteiger charge is -2.07. The van der Waals surface area contributed by atoms with Crippen LogP contribution in [0.1, 0.15) is 0 Å². The molecule has 3 aromatic rings. The zero-order chi connectivity index (χ0) is 13.4. The van der Waals surface area contributed by atoms with Crippen molar-refractivity contribution < 1.29 is 4.39 Å². The zero-order valence-electron chi connectivity index (χ0n) is 9.93. The Bertz CT molecular complexity index is 755. The molecule has 0 bridgehead atoms. The number of fused-ring (bicyclic) bond motifs is 1. The Morgan fingerprint density at radius 2 is 2.16 bits per heavy atom. The molecule has 19 heavy (non-hydrogen) atoms. The van der Waals surface area contributed by atoms with Crippen LogP contribution in [-0.2, 0) is 7.05 Å². The molecule has 96 valence electrons. The molecule has 0 radical (unpaired) electrons. The van der Waals surface area contributed by atoms with E-state index in [-0.39, 0.29) is 5.82 Å². The number of aromatic nitrogens is 4. The van der Waals surface area contributed by atoms with E-state index in [1.54, 1.807) is 16.9 Å². The summed E-state index contributed by atoms with van der Waals surface area (Å²) in [5.74, 6) is 0.261. The van der Waals surface area contributed by atoms with Gasteiger partial charge in [0.2, 0.25) is 0 Å². The summed E-state index contributed by atoms with van der Waals surface area (Å²) >= 11 is 3.17. The van der Waals surface area contributed by atoms with Crippen molar-refractivity contribution in [1.29, 1.82) is 0 Å². The number of rotatable bonds is 2. The van der Waals surface area contributed by atoms with E-state index in [2.05, 4.69) is 36.3 Å². The molecule has 3 rings (SSSR count). The van der Waals surface area contributed by atoms with Crippen LogP contribution in [0.4, 0.5) is 15.9 Å². The smallest absolute Gasteiger partial charge is 0.141 e. The fourth-order valence-electron chi connectivity index (χ4n) is 1.77. The zero-order valence-corrected chi connectivity index (χ0v) is 11.5. The third-order valence-corrected chi connectivity index (χ3v) is 3.25. The highest BCUT2D eigenvalue weighted by atomic mass is 79.9. The summed E-state index contributed by atoms with van der Waals surface area (Å²) < 4.78 is 15.5. The van der Waals surface area contributed by atoms with E-state index in [0.717, 1.165) is 11.1 Å². The van der Waals surface area contributed by atoms with Crippen LogP contribution in [0.15, 0.2) is 35.3 Å². The van der Waals surface area contributed by atoms with Crippen molar-refractivity contribution in [1.82, 2.24) is 19.7 Å². The fraction of sp³-hybridized carbons (Fsp3) is 0.0833. The number of halogens is 2. The van der Waals surface area contributed by atoms with Gasteiger partial charge in [-0.3, -0.25) is 4.68 Å². The second-order valence-electron chi connectivity index (χ2n) is 4.03. The van der Waals surface area contributed by atoms with Crippen LogP contribution in [0, 0.1) is 5.82 Å². The SMILES string of the molecule is Cn1cc(Nc2ncnc3cc(F)c(Br)cc23)cn1. The van der Waals surface area contributed by atoms with E-state index in [1.165, 1.54) is 12.4 Å². The van der Waals surface area contributed by atoms with E-state index >= 15 is 0 Å². The Kier molecular flexibility index (Phi) is 2.90. The van der Waals surface area contributed by atoms with Gasteiger partial charge in [-0.25, -0.2) is 14.4 Å². The summed E-state index contributed by atoms with van der Waals surface area (Å²) in [6.45, 7) is 0. The molecule has 0 spiro atoms. The summed E-state index contributed by atoms with van der Waals surface area (Å²) in [5.41, 5.74) is 1.35. The molecule has 1 N–H and O–H groups in total. The summed E-state index contributed by atoms with van der Waals surface area (Å²) in [6, 6.07) is 3.03. The van der Waals surface area contributed by atoms with Crippen molar-refractivity contribution in [2.45, 2.75) is 0 Å². The molecule has 2 aromatic heterocycles. The molecule has 0 aliphatic heterocycles. The normalized spacial score (nSPS) is 10.9. The van der Waals surface area contributed by atoms with Gasteiger partial charge in [-0.2, -0.15) is 5.10 Å². The lowest BCUT2D eigenvalue weighted by Crippen LogP contribution is -1.96. The standard InChI is InChI=1S/C12H9BrFN5/c1-19-5-7(4-17-19)18-12-8-2-9(13)10(14)3-11(8)15-6-16-12/h2-6H,1H3,(H,15,16,18). The molecule has 2 heterocycles. The first kappa shape index (κ1) is 12.0. The Morgan fingerprint density at radius 1 is 1.32 bits per heavy atom. The summed E-state index contributed by atoms with van der Waals surface area (Å²) in [4.78, 5) is 8.24. The first-order valence-corrected chi connectivity index (χ1v) is 6.28. The van der Waals surface area contributed by atoms with Gasteiger partial charge in [0.05, 0.1) is 21.9 Å². The van der Waals surface area contributed by atoms with Gasteiger partial charge in [-0.1, -0.05) is 0 Å². The monoisotopic (exact) mass is 321 g/mol. The van der Waals surface area contributed by atoms with Gasteiger partial charge in [0.15, 0.2) is 0 Å². The van der Waals surface area contributed by atoms with Gasteiger partial charge < -0.3 is 5.32 Å². The molecule has 7 heteroatoms. The van der Waals surface area contributed by atoms with Crippen LogP contribution in [0.5, 0.6) is 0 Å². The third kappa shape index (κ3) is 2.28. The Hall–Kier alpha value is -2.02. The second kappa shape index (κ2) is 4.58. The fourth-order valence-corrected chi connectivity index (χ4v) is 2.12. The van der Waals surface area contributed by atoms with Crippen molar-refractivity contribution in [2.24, 2.45) is 7.05 Å². The van der Waals surface area contributed by atoms with E-state index in [9.17, 15) is 4.39 Å². The minimum Gasteiger partial charge on any atom is -0.337 e. The predicted octanol–water partition coefficient (Wildman–Crippen LogP) is 3.01. The van der Waals surface area contributed by atoms with Crippen LogP contribution < -0.4 is 5.32 Å². The second-order valence-corrected chi connectivity index (χ2v) is 4.89. The van der Waals surface area contributed by atoms with Crippen LogP contribution >= 0.6 is 15.9 Å². The molecule has 0 aliphatic carbocycles. The molecule has 1 aromatic carbocycles. The highest BCUT2D eigenvalue weighted by molar-refractivity contribution is 9.10. The highest BCUT2D eigenvalue weighted by Gasteiger charge is 2.09. The largest absolute Gasteiger partial charge is 0.337 e. The Morgan fingerprint density at radius 3 is 2.89 bits per heavy atom. The average molecular weight is 322 g/mol. The van der Waals surface area contributed by atoms with Crippen molar-refractivity contribution in [3.8, 4) is 0 Å². The maximum Gasteiger partial charge on any atom is 0.141 e. The first-order valence-electron chi connectivity index (χ1n) is 5.49. The molecule has 0 saturated carbocycles. The number of anilines is 2. The van der Waals surface area contributed by atoms with Crippen molar-refractivity contribution in [3.63, 3.8) is 0 Å². The van der Waals surface area contributed by atoms with Gasteiger partial charge in [-0.05, 0) is 22.0 Å². The molecular formula is C12H9BrFN5. The van der Waals surface area contributed by atoms with Gasteiger partial charge >= 0.3 is 0 Å². The molecule has 0 amide bonds. The van der Waals surface area contributed by atoms with E-state index < -0.39 is 0 Å². The predicted molar refractivity (Wildman–Crippen MR) is 73.7 cm³/mol. The van der Waals surface area contributed by atoms with E-state index in [0.29, 0.717) is 15.8 Å². The number of hydrogen-bond acceptors (Lipinski definition) is 4. The number of benzene rings is 1. The van der Waals surface area contributed by atoms with Gasteiger partial charge in [-0.15, -0.1) is 0 Å². The van der Waals surface area contributed by atoms with Gasteiger partial charge in [0.25, 0.3) is 0 Å². The average Bonchev–Trinajstić information content (AvgIpc) is 2.77. The van der Waals surface area contributed by atoms with E-state index in [1.807, 2.05) is 13.2 Å².